The fourth-order valence-corrected chi connectivity index (χ4v) is 2.78. The van der Waals surface area contributed by atoms with Gasteiger partial charge in [-0.25, -0.2) is 4.98 Å². The molecule has 0 radical (unpaired) electrons. The second-order valence-electron chi connectivity index (χ2n) is 5.93. The van der Waals surface area contributed by atoms with Crippen LogP contribution in [0, 0.1) is 0 Å². The van der Waals surface area contributed by atoms with E-state index in [2.05, 4.69) is 15.6 Å². The number of nitrogens with one attached hydrogen (secondary N) is 2. The van der Waals surface area contributed by atoms with Gasteiger partial charge in [0.25, 0.3) is 5.91 Å². The number of ketones is 1. The zero-order valence-electron chi connectivity index (χ0n) is 14.1. The first-order valence-electron chi connectivity index (χ1n) is 8.29. The molecule has 0 atom stereocenters. The van der Waals surface area contributed by atoms with Crippen molar-refractivity contribution in [1.29, 1.82) is 0 Å². The number of Topliss-reactive ketones (excluding diaryl/α,β-unsaturated/α-hetero) is 1. The van der Waals surface area contributed by atoms with Crippen LogP contribution in [0.3, 0.4) is 0 Å². The van der Waals surface area contributed by atoms with Gasteiger partial charge in [0.05, 0.1) is 13.7 Å². The minimum absolute atomic E-state index is 0.0965. The molecule has 1 aliphatic rings. The Balaban J connectivity index is 1.55. The summed E-state index contributed by atoms with van der Waals surface area (Å²) < 4.78 is 10.5. The molecule has 2 N–H and O–H groups in total. The van der Waals surface area contributed by atoms with E-state index in [1.807, 2.05) is 0 Å². The number of hydrogen-bond donors (Lipinski definition) is 2. The van der Waals surface area contributed by atoms with Crippen LogP contribution in [0.5, 0.6) is 5.75 Å². The molecule has 1 aliphatic heterocycles. The summed E-state index contributed by atoms with van der Waals surface area (Å²) in [6.07, 6.45) is 3.24. The normalized spacial score (nSPS) is 14.9. The smallest absolute Gasteiger partial charge is 0.273 e. The van der Waals surface area contributed by atoms with E-state index in [0.29, 0.717) is 17.2 Å². The van der Waals surface area contributed by atoms with Crippen molar-refractivity contribution < 1.29 is 18.7 Å². The van der Waals surface area contributed by atoms with Crippen molar-refractivity contribution in [2.24, 2.45) is 0 Å². The van der Waals surface area contributed by atoms with Crippen LogP contribution < -0.4 is 15.4 Å². The molecule has 0 spiro atoms. The topological polar surface area (TPSA) is 93.5 Å². The molecule has 7 nitrogen and oxygen atoms in total. The average Bonchev–Trinajstić information content (AvgIpc) is 3.17. The van der Waals surface area contributed by atoms with Crippen LogP contribution in [0.1, 0.15) is 45.5 Å². The number of carbonyl (C=O) groups excluding carboxylic acids is 2. The van der Waals surface area contributed by atoms with Crippen molar-refractivity contribution in [2.45, 2.75) is 18.8 Å². The zero-order chi connectivity index (χ0) is 17.6. The van der Waals surface area contributed by atoms with Gasteiger partial charge in [-0.1, -0.05) is 0 Å². The fraction of sp³-hybridized carbons (Fsp3) is 0.389. The number of ether oxygens (including phenoxy) is 1. The van der Waals surface area contributed by atoms with Gasteiger partial charge in [0.1, 0.15) is 12.0 Å². The largest absolute Gasteiger partial charge is 0.497 e. The summed E-state index contributed by atoms with van der Waals surface area (Å²) in [4.78, 5) is 28.6. The summed E-state index contributed by atoms with van der Waals surface area (Å²) in [5.74, 6) is 0.911. The lowest BCUT2D eigenvalue weighted by molar-refractivity contribution is 0.0900. The molecule has 2 heterocycles. The van der Waals surface area contributed by atoms with E-state index in [-0.39, 0.29) is 23.9 Å². The second kappa shape index (κ2) is 7.94. The molecule has 1 aromatic carbocycles. The van der Waals surface area contributed by atoms with Crippen LogP contribution in [-0.2, 0) is 0 Å². The molecule has 0 aliphatic carbocycles. The van der Waals surface area contributed by atoms with Crippen molar-refractivity contribution in [3.05, 3.63) is 47.7 Å². The van der Waals surface area contributed by atoms with Gasteiger partial charge < -0.3 is 19.8 Å². The lowest BCUT2D eigenvalue weighted by Crippen LogP contribution is -2.30. The van der Waals surface area contributed by atoms with Crippen LogP contribution in [0.4, 0.5) is 0 Å². The Hall–Kier alpha value is -2.67. The van der Waals surface area contributed by atoms with Crippen molar-refractivity contribution >= 4 is 11.7 Å². The Morgan fingerprint density at radius 2 is 2.00 bits per heavy atom. The van der Waals surface area contributed by atoms with Crippen LogP contribution in [0.25, 0.3) is 0 Å². The van der Waals surface area contributed by atoms with Crippen molar-refractivity contribution in [3.8, 4) is 5.75 Å². The molecule has 7 heteroatoms. The molecule has 2 aromatic rings. The van der Waals surface area contributed by atoms with E-state index < -0.39 is 5.91 Å². The molecule has 1 amide bonds. The lowest BCUT2D eigenvalue weighted by Gasteiger charge is -2.19. The number of hydrogen-bond acceptors (Lipinski definition) is 6. The summed E-state index contributed by atoms with van der Waals surface area (Å²) in [5, 5.41) is 5.86. The van der Waals surface area contributed by atoms with Crippen molar-refractivity contribution in [2.75, 3.05) is 26.7 Å². The molecule has 25 heavy (non-hydrogen) atoms. The number of carbonyl (C=O) groups is 2. The minimum atomic E-state index is -0.411. The van der Waals surface area contributed by atoms with Gasteiger partial charge in [-0.3, -0.25) is 9.59 Å². The maximum atomic E-state index is 12.2. The van der Waals surface area contributed by atoms with Gasteiger partial charge in [0.15, 0.2) is 17.4 Å². The highest BCUT2D eigenvalue weighted by Crippen LogP contribution is 2.24. The highest BCUT2D eigenvalue weighted by atomic mass is 16.5. The number of benzene rings is 1. The van der Waals surface area contributed by atoms with E-state index in [4.69, 9.17) is 9.15 Å². The first-order chi connectivity index (χ1) is 12.2. The molecule has 3 rings (SSSR count). The number of piperidine rings is 1. The molecule has 1 saturated heterocycles. The summed E-state index contributed by atoms with van der Waals surface area (Å²) in [6.45, 7) is 1.75. The summed E-state index contributed by atoms with van der Waals surface area (Å²) in [6, 6.07) is 6.74. The first-order valence-corrected chi connectivity index (χ1v) is 8.29. The number of rotatable bonds is 6. The molecule has 1 aromatic heterocycles. The second-order valence-corrected chi connectivity index (χ2v) is 5.93. The van der Waals surface area contributed by atoms with Gasteiger partial charge in [-0.2, -0.15) is 0 Å². The molecule has 0 unspecified atom stereocenters. The Labute approximate surface area is 145 Å². The number of aromatic nitrogens is 1. The Morgan fingerprint density at radius 3 is 2.68 bits per heavy atom. The SMILES string of the molecule is COc1ccc(C(=O)CNC(=O)c2coc(C3CCNCC3)n2)cc1. The summed E-state index contributed by atoms with van der Waals surface area (Å²) >= 11 is 0. The third-order valence-electron chi connectivity index (χ3n) is 4.26. The molecular weight excluding hydrogens is 322 g/mol. The molecular formula is C18H21N3O4. The van der Waals surface area contributed by atoms with Gasteiger partial charge >= 0.3 is 0 Å². The average molecular weight is 343 g/mol. The van der Waals surface area contributed by atoms with Crippen LogP contribution in [-0.4, -0.2) is 43.4 Å². The Bertz CT molecular complexity index is 733. The number of methoxy groups -OCH3 is 1. The van der Waals surface area contributed by atoms with E-state index >= 15 is 0 Å². The maximum absolute atomic E-state index is 12.2. The molecule has 0 saturated carbocycles. The lowest BCUT2D eigenvalue weighted by atomic mass is 9.98. The van der Waals surface area contributed by atoms with E-state index in [1.165, 1.54) is 6.26 Å². The standard InChI is InChI=1S/C18H21N3O4/c1-24-14-4-2-12(3-5-14)16(22)10-20-17(23)15-11-25-18(21-15)13-6-8-19-9-7-13/h2-5,11,13,19H,6-10H2,1H3,(H,20,23). The van der Waals surface area contributed by atoms with Crippen molar-refractivity contribution in [3.63, 3.8) is 0 Å². The van der Waals surface area contributed by atoms with E-state index in [9.17, 15) is 9.59 Å². The Kier molecular flexibility index (Phi) is 5.45. The van der Waals surface area contributed by atoms with Gasteiger partial charge in [0, 0.05) is 11.5 Å². The highest BCUT2D eigenvalue weighted by Gasteiger charge is 2.22. The third-order valence-corrected chi connectivity index (χ3v) is 4.26. The predicted octanol–water partition coefficient (Wildman–Crippen LogP) is 1.76. The fourth-order valence-electron chi connectivity index (χ4n) is 2.78. The van der Waals surface area contributed by atoms with E-state index in [1.54, 1.807) is 31.4 Å². The summed E-state index contributed by atoms with van der Waals surface area (Å²) in [5.41, 5.74) is 0.715. The third kappa shape index (κ3) is 4.24. The molecule has 0 bridgehead atoms. The quantitative estimate of drug-likeness (QED) is 0.777. The zero-order valence-corrected chi connectivity index (χ0v) is 14.1. The molecule has 1 fully saturated rings. The van der Waals surface area contributed by atoms with Crippen LogP contribution in [0.15, 0.2) is 34.9 Å². The molecule has 132 valence electrons. The number of oxazole rings is 1. The highest BCUT2D eigenvalue weighted by molar-refractivity contribution is 6.01. The first kappa shape index (κ1) is 17.2. The van der Waals surface area contributed by atoms with Gasteiger partial charge in [-0.05, 0) is 50.2 Å². The summed E-state index contributed by atoms with van der Waals surface area (Å²) in [7, 11) is 1.56. The monoisotopic (exact) mass is 343 g/mol. The van der Waals surface area contributed by atoms with Crippen molar-refractivity contribution in [1.82, 2.24) is 15.6 Å². The van der Waals surface area contributed by atoms with E-state index in [0.717, 1.165) is 25.9 Å². The van der Waals surface area contributed by atoms with Crippen LogP contribution >= 0.6 is 0 Å². The van der Waals surface area contributed by atoms with Gasteiger partial charge in [-0.15, -0.1) is 0 Å². The maximum Gasteiger partial charge on any atom is 0.273 e. The predicted molar refractivity (Wildman–Crippen MR) is 91.0 cm³/mol. The Morgan fingerprint density at radius 1 is 1.28 bits per heavy atom. The number of amides is 1. The number of nitrogens with zero attached hydrogens (tertiary/aromatic N) is 1. The van der Waals surface area contributed by atoms with Gasteiger partial charge in [0.2, 0.25) is 0 Å². The minimum Gasteiger partial charge on any atom is -0.497 e. The van der Waals surface area contributed by atoms with Crippen LogP contribution in [0.2, 0.25) is 0 Å².